The molecular formula is C16H25N3O. The van der Waals surface area contributed by atoms with E-state index in [1.807, 2.05) is 6.20 Å². The molecule has 1 aromatic rings. The van der Waals surface area contributed by atoms with Crippen LogP contribution in [-0.2, 0) is 4.74 Å². The second-order valence-electron chi connectivity index (χ2n) is 6.09. The summed E-state index contributed by atoms with van der Waals surface area (Å²) in [5.41, 5.74) is 1.30. The van der Waals surface area contributed by atoms with E-state index in [1.165, 1.54) is 18.5 Å². The summed E-state index contributed by atoms with van der Waals surface area (Å²) in [6, 6.07) is 4.24. The Kier molecular flexibility index (Phi) is 4.53. The molecule has 4 unspecified atom stereocenters. The van der Waals surface area contributed by atoms with Crippen molar-refractivity contribution in [2.45, 2.75) is 18.8 Å². The van der Waals surface area contributed by atoms with Gasteiger partial charge in [-0.1, -0.05) is 0 Å². The molecule has 3 heterocycles. The van der Waals surface area contributed by atoms with Gasteiger partial charge in [0.25, 0.3) is 0 Å². The van der Waals surface area contributed by atoms with E-state index < -0.39 is 0 Å². The van der Waals surface area contributed by atoms with E-state index in [1.54, 1.807) is 0 Å². The summed E-state index contributed by atoms with van der Waals surface area (Å²) in [7, 11) is 2.05. The fourth-order valence-corrected chi connectivity index (χ4v) is 3.72. The van der Waals surface area contributed by atoms with Gasteiger partial charge in [-0.15, -0.1) is 0 Å². The van der Waals surface area contributed by atoms with Crippen LogP contribution in [0.1, 0.15) is 24.5 Å². The average Bonchev–Trinajstić information content (AvgIpc) is 3.17. The van der Waals surface area contributed by atoms with Crippen molar-refractivity contribution in [1.29, 1.82) is 0 Å². The van der Waals surface area contributed by atoms with E-state index in [9.17, 15) is 0 Å². The van der Waals surface area contributed by atoms with Gasteiger partial charge < -0.3 is 15.0 Å². The first kappa shape index (κ1) is 13.8. The molecule has 1 fully saturated rings. The molecule has 4 heteroatoms. The lowest BCUT2D eigenvalue weighted by Crippen LogP contribution is -2.36. The molecule has 0 aliphatic carbocycles. The molecule has 3 rings (SSSR count). The molecule has 4 atom stereocenters. The van der Waals surface area contributed by atoms with Gasteiger partial charge in [-0.3, -0.25) is 4.99 Å². The van der Waals surface area contributed by atoms with Crippen molar-refractivity contribution in [3.63, 3.8) is 0 Å². The van der Waals surface area contributed by atoms with Crippen molar-refractivity contribution in [1.82, 2.24) is 10.3 Å². The second kappa shape index (κ2) is 6.55. The van der Waals surface area contributed by atoms with Crippen molar-refractivity contribution in [2.24, 2.45) is 22.7 Å². The van der Waals surface area contributed by atoms with Crippen molar-refractivity contribution in [3.8, 4) is 0 Å². The van der Waals surface area contributed by atoms with Gasteiger partial charge >= 0.3 is 0 Å². The van der Waals surface area contributed by atoms with Crippen LogP contribution >= 0.6 is 0 Å². The minimum Gasteiger partial charge on any atom is -0.381 e. The molecule has 2 aliphatic rings. The quantitative estimate of drug-likeness (QED) is 0.864. The maximum atomic E-state index is 5.60. The molecule has 1 aromatic heterocycles. The van der Waals surface area contributed by atoms with Crippen molar-refractivity contribution in [2.75, 3.05) is 33.4 Å². The average molecular weight is 275 g/mol. The van der Waals surface area contributed by atoms with E-state index >= 15 is 0 Å². The Morgan fingerprint density at radius 1 is 1.50 bits per heavy atom. The van der Waals surface area contributed by atoms with Crippen molar-refractivity contribution >= 4 is 6.21 Å². The van der Waals surface area contributed by atoms with E-state index in [-0.39, 0.29) is 0 Å². The zero-order valence-corrected chi connectivity index (χ0v) is 12.2. The molecular weight excluding hydrogens is 250 g/mol. The Labute approximate surface area is 121 Å². The smallest absolute Gasteiger partial charge is 0.0498 e. The minimum absolute atomic E-state index is 0.449. The molecule has 0 aromatic carbocycles. The van der Waals surface area contributed by atoms with Gasteiger partial charge in [-0.2, -0.15) is 0 Å². The summed E-state index contributed by atoms with van der Waals surface area (Å²) in [5.74, 6) is 2.49. The first-order chi connectivity index (χ1) is 9.88. The Morgan fingerprint density at radius 3 is 3.15 bits per heavy atom. The van der Waals surface area contributed by atoms with Crippen LogP contribution in [0, 0.1) is 17.8 Å². The van der Waals surface area contributed by atoms with E-state index in [2.05, 4.69) is 40.7 Å². The third kappa shape index (κ3) is 2.96. The number of H-pyrrole nitrogens is 1. The van der Waals surface area contributed by atoms with E-state index in [4.69, 9.17) is 4.74 Å². The lowest BCUT2D eigenvalue weighted by molar-refractivity contribution is 0.149. The number of nitrogens with zero attached hydrogens (tertiary/aromatic N) is 1. The molecule has 4 nitrogen and oxygen atoms in total. The van der Waals surface area contributed by atoms with E-state index in [0.29, 0.717) is 23.7 Å². The predicted octanol–water partition coefficient (Wildman–Crippen LogP) is 2.06. The summed E-state index contributed by atoms with van der Waals surface area (Å²) in [6.45, 7) is 3.91. The lowest BCUT2D eigenvalue weighted by atomic mass is 9.75. The molecule has 2 N–H and O–H groups in total. The number of aliphatic imine (C=N–C) groups is 1. The molecule has 2 aliphatic heterocycles. The minimum atomic E-state index is 0.449. The maximum absolute atomic E-state index is 5.60. The van der Waals surface area contributed by atoms with Crippen molar-refractivity contribution < 1.29 is 4.74 Å². The van der Waals surface area contributed by atoms with Crippen LogP contribution in [0.5, 0.6) is 0 Å². The van der Waals surface area contributed by atoms with Crippen LogP contribution in [0.3, 0.4) is 0 Å². The number of hydrogen-bond acceptors (Lipinski definition) is 3. The molecule has 1 saturated heterocycles. The molecule has 20 heavy (non-hydrogen) atoms. The number of aromatic nitrogens is 1. The van der Waals surface area contributed by atoms with Crippen LogP contribution in [0.4, 0.5) is 0 Å². The number of ether oxygens (including phenoxy) is 1. The number of nitrogens with one attached hydrogen (secondary N) is 2. The standard InChI is InChI=1S/C16H25N3O/c1-17-10-15(12-4-6-20-11-12)13-7-14(9-18-8-13)16-3-2-5-19-16/h2-3,5,9,12-15,17,19H,4,6-8,10-11H2,1H3. The van der Waals surface area contributed by atoms with E-state index in [0.717, 1.165) is 26.3 Å². The Morgan fingerprint density at radius 2 is 2.45 bits per heavy atom. The van der Waals surface area contributed by atoms with Crippen LogP contribution < -0.4 is 5.32 Å². The Hall–Kier alpha value is -1.13. The van der Waals surface area contributed by atoms with Crippen LogP contribution in [-0.4, -0.2) is 44.5 Å². The molecule has 0 radical (unpaired) electrons. The number of hydrogen-bond donors (Lipinski definition) is 2. The normalized spacial score (nSPS) is 31.6. The van der Waals surface area contributed by atoms with Gasteiger partial charge in [-0.25, -0.2) is 0 Å². The van der Waals surface area contributed by atoms with Gasteiger partial charge in [0.05, 0.1) is 0 Å². The highest BCUT2D eigenvalue weighted by molar-refractivity contribution is 5.67. The highest BCUT2D eigenvalue weighted by Crippen LogP contribution is 2.35. The summed E-state index contributed by atoms with van der Waals surface area (Å²) < 4.78 is 5.60. The molecule has 0 bridgehead atoms. The third-order valence-electron chi connectivity index (χ3n) is 4.82. The van der Waals surface area contributed by atoms with Gasteiger partial charge in [0.2, 0.25) is 0 Å². The summed E-state index contributed by atoms with van der Waals surface area (Å²) in [5, 5.41) is 3.38. The van der Waals surface area contributed by atoms with Crippen LogP contribution in [0.15, 0.2) is 23.3 Å². The zero-order valence-electron chi connectivity index (χ0n) is 12.2. The van der Waals surface area contributed by atoms with Gasteiger partial charge in [0.1, 0.15) is 0 Å². The maximum Gasteiger partial charge on any atom is 0.0498 e. The largest absolute Gasteiger partial charge is 0.381 e. The zero-order chi connectivity index (χ0) is 13.8. The fraction of sp³-hybridized carbons (Fsp3) is 0.688. The van der Waals surface area contributed by atoms with Crippen molar-refractivity contribution in [3.05, 3.63) is 24.0 Å². The molecule has 110 valence electrons. The Balaban J connectivity index is 1.69. The fourth-order valence-electron chi connectivity index (χ4n) is 3.72. The SMILES string of the molecule is CNCC(C1CCOC1)C1CN=CC(c2ccc[nH]2)C1. The Bertz CT molecular complexity index is 423. The summed E-state index contributed by atoms with van der Waals surface area (Å²) in [4.78, 5) is 7.99. The van der Waals surface area contributed by atoms with Gasteiger partial charge in [0, 0.05) is 43.8 Å². The monoisotopic (exact) mass is 275 g/mol. The van der Waals surface area contributed by atoms with Crippen LogP contribution in [0.25, 0.3) is 0 Å². The number of aromatic amines is 1. The van der Waals surface area contributed by atoms with Gasteiger partial charge in [0.15, 0.2) is 0 Å². The highest BCUT2D eigenvalue weighted by atomic mass is 16.5. The second-order valence-corrected chi connectivity index (χ2v) is 6.09. The van der Waals surface area contributed by atoms with Gasteiger partial charge in [-0.05, 0) is 56.3 Å². The molecule has 0 saturated carbocycles. The third-order valence-corrected chi connectivity index (χ3v) is 4.82. The summed E-state index contributed by atoms with van der Waals surface area (Å²) >= 11 is 0. The van der Waals surface area contributed by atoms with Crippen LogP contribution in [0.2, 0.25) is 0 Å². The topological polar surface area (TPSA) is 49.4 Å². The molecule has 0 spiro atoms. The first-order valence-corrected chi connectivity index (χ1v) is 7.74. The highest BCUT2D eigenvalue weighted by Gasteiger charge is 2.34. The predicted molar refractivity (Wildman–Crippen MR) is 81.3 cm³/mol. The molecule has 0 amide bonds. The first-order valence-electron chi connectivity index (χ1n) is 7.74. The number of rotatable bonds is 5. The lowest BCUT2D eigenvalue weighted by Gasteiger charge is -2.34. The summed E-state index contributed by atoms with van der Waals surface area (Å²) in [6.07, 6.45) is 6.54.